The van der Waals surface area contributed by atoms with Crippen molar-refractivity contribution in [2.24, 2.45) is 5.92 Å². The third-order valence-electron chi connectivity index (χ3n) is 6.67. The smallest absolute Gasteiger partial charge is 0.408 e. The summed E-state index contributed by atoms with van der Waals surface area (Å²) in [5.74, 6) is 1.27. The maximum absolute atomic E-state index is 12.7. The van der Waals surface area contributed by atoms with Crippen molar-refractivity contribution < 1.29 is 14.3 Å². The van der Waals surface area contributed by atoms with Crippen LogP contribution >= 0.6 is 11.6 Å². The highest BCUT2D eigenvalue weighted by Crippen LogP contribution is 2.45. The molecule has 6 rings (SSSR count). The average Bonchev–Trinajstić information content (AvgIpc) is 2.97. The van der Waals surface area contributed by atoms with Crippen LogP contribution in [-0.2, 0) is 4.74 Å². The molecule has 0 aliphatic carbocycles. The van der Waals surface area contributed by atoms with Gasteiger partial charge in [0.1, 0.15) is 23.5 Å². The average molecular weight is 427 g/mol. The van der Waals surface area contributed by atoms with E-state index in [4.69, 9.17) is 21.1 Å². The van der Waals surface area contributed by atoms with Crippen molar-refractivity contribution >= 4 is 17.7 Å². The molecule has 1 unspecified atom stereocenters. The van der Waals surface area contributed by atoms with Gasteiger partial charge in [0.05, 0.1) is 0 Å². The molecule has 0 spiro atoms. The Kier molecular flexibility index (Phi) is 4.91. The molecule has 2 bridgehead atoms. The fraction of sp³-hybridized carbons (Fsp3) is 0.458. The first kappa shape index (κ1) is 19.7. The third kappa shape index (κ3) is 3.65. The van der Waals surface area contributed by atoms with Crippen LogP contribution in [0.25, 0.3) is 11.1 Å². The van der Waals surface area contributed by atoms with Crippen molar-refractivity contribution in [3.8, 4) is 16.9 Å². The highest BCUT2D eigenvalue weighted by Gasteiger charge is 2.43. The predicted molar refractivity (Wildman–Crippen MR) is 117 cm³/mol. The van der Waals surface area contributed by atoms with Crippen LogP contribution < -0.4 is 10.1 Å². The summed E-state index contributed by atoms with van der Waals surface area (Å²) in [5.41, 5.74) is 2.47. The molecule has 1 N–H and O–H groups in total. The van der Waals surface area contributed by atoms with E-state index in [0.717, 1.165) is 54.9 Å². The van der Waals surface area contributed by atoms with Gasteiger partial charge in [0.15, 0.2) is 0 Å². The number of carbonyl (C=O) groups is 1. The number of nitrogens with one attached hydrogen (secondary N) is 1. The zero-order valence-corrected chi connectivity index (χ0v) is 18.1. The SMILES string of the molecule is CC1(C)Oc2cc(-c3cccc(Cl)c3)ccc2C1NC(=O)O[C@H]1CN2CCC1CC2. The van der Waals surface area contributed by atoms with Crippen molar-refractivity contribution in [1.82, 2.24) is 10.2 Å². The lowest BCUT2D eigenvalue weighted by atomic mass is 9.86. The Labute approximate surface area is 182 Å². The summed E-state index contributed by atoms with van der Waals surface area (Å²) in [6.07, 6.45) is 1.86. The molecule has 0 radical (unpaired) electrons. The third-order valence-corrected chi connectivity index (χ3v) is 6.90. The number of ether oxygens (including phenoxy) is 2. The number of piperidine rings is 3. The van der Waals surface area contributed by atoms with Crippen molar-refractivity contribution in [2.75, 3.05) is 19.6 Å². The molecule has 3 fully saturated rings. The summed E-state index contributed by atoms with van der Waals surface area (Å²) in [5, 5.41) is 3.77. The predicted octanol–water partition coefficient (Wildman–Crippen LogP) is 5.04. The van der Waals surface area contributed by atoms with Gasteiger partial charge in [0, 0.05) is 17.1 Å². The molecule has 4 aliphatic rings. The number of halogens is 1. The molecule has 30 heavy (non-hydrogen) atoms. The maximum Gasteiger partial charge on any atom is 0.408 e. The molecule has 0 saturated carbocycles. The summed E-state index contributed by atoms with van der Waals surface area (Å²) in [7, 11) is 0. The van der Waals surface area contributed by atoms with Gasteiger partial charge >= 0.3 is 6.09 Å². The topological polar surface area (TPSA) is 50.8 Å². The zero-order valence-electron chi connectivity index (χ0n) is 17.4. The van der Waals surface area contributed by atoms with Crippen LogP contribution in [0.1, 0.15) is 38.3 Å². The molecule has 2 atom stereocenters. The molecule has 2 aromatic rings. The van der Waals surface area contributed by atoms with E-state index in [-0.39, 0.29) is 18.2 Å². The van der Waals surface area contributed by atoms with E-state index in [9.17, 15) is 4.79 Å². The largest absolute Gasteiger partial charge is 0.485 e. The van der Waals surface area contributed by atoms with E-state index >= 15 is 0 Å². The summed E-state index contributed by atoms with van der Waals surface area (Å²) in [4.78, 5) is 15.1. The zero-order chi connectivity index (χ0) is 20.9. The number of hydrogen-bond acceptors (Lipinski definition) is 4. The molecule has 2 aromatic carbocycles. The van der Waals surface area contributed by atoms with E-state index in [1.54, 1.807) is 0 Å². The molecule has 1 amide bonds. The number of nitrogens with zero attached hydrogens (tertiary/aromatic N) is 1. The Balaban J connectivity index is 1.33. The van der Waals surface area contributed by atoms with Gasteiger partial charge in [-0.2, -0.15) is 0 Å². The van der Waals surface area contributed by atoms with Crippen molar-refractivity contribution in [3.63, 3.8) is 0 Å². The van der Waals surface area contributed by atoms with Crippen LogP contribution in [0.4, 0.5) is 4.79 Å². The van der Waals surface area contributed by atoms with E-state index in [1.807, 2.05) is 56.3 Å². The molecular formula is C24H27ClN2O3. The lowest BCUT2D eigenvalue weighted by Gasteiger charge is -2.44. The first-order valence-electron chi connectivity index (χ1n) is 10.7. The second-order valence-corrected chi connectivity index (χ2v) is 9.56. The van der Waals surface area contributed by atoms with Crippen molar-refractivity contribution in [1.29, 1.82) is 0 Å². The normalized spacial score (nSPS) is 28.5. The van der Waals surface area contributed by atoms with Crippen LogP contribution in [-0.4, -0.2) is 42.3 Å². The minimum absolute atomic E-state index is 0.0115. The van der Waals surface area contributed by atoms with Gasteiger partial charge in [-0.25, -0.2) is 4.79 Å². The Morgan fingerprint density at radius 1 is 1.17 bits per heavy atom. The summed E-state index contributed by atoms with van der Waals surface area (Å²) in [6.45, 7) is 7.08. The van der Waals surface area contributed by atoms with Crippen LogP contribution in [0.2, 0.25) is 5.02 Å². The number of carbonyl (C=O) groups excluding carboxylic acids is 1. The first-order chi connectivity index (χ1) is 14.4. The number of rotatable bonds is 3. The highest BCUT2D eigenvalue weighted by atomic mass is 35.5. The molecule has 0 aromatic heterocycles. The number of hydrogen-bond donors (Lipinski definition) is 1. The molecule has 3 saturated heterocycles. The number of benzene rings is 2. The molecule has 6 heteroatoms. The van der Waals surface area contributed by atoms with Gasteiger partial charge in [0.2, 0.25) is 0 Å². The second-order valence-electron chi connectivity index (χ2n) is 9.13. The fourth-order valence-corrected chi connectivity index (χ4v) is 5.20. The highest BCUT2D eigenvalue weighted by molar-refractivity contribution is 6.30. The van der Waals surface area contributed by atoms with Crippen LogP contribution in [0, 0.1) is 5.92 Å². The maximum atomic E-state index is 12.7. The van der Waals surface area contributed by atoms with Crippen LogP contribution in [0.15, 0.2) is 42.5 Å². The Hall–Kier alpha value is -2.24. The summed E-state index contributed by atoms with van der Waals surface area (Å²) in [6, 6.07) is 13.6. The van der Waals surface area contributed by atoms with Crippen molar-refractivity contribution in [2.45, 2.75) is 44.4 Å². The van der Waals surface area contributed by atoms with Crippen molar-refractivity contribution in [3.05, 3.63) is 53.1 Å². The molecule has 4 aliphatic heterocycles. The van der Waals surface area contributed by atoms with Gasteiger partial charge in [-0.15, -0.1) is 0 Å². The monoisotopic (exact) mass is 426 g/mol. The second kappa shape index (κ2) is 7.47. The van der Waals surface area contributed by atoms with E-state index < -0.39 is 5.60 Å². The minimum Gasteiger partial charge on any atom is -0.485 e. The first-order valence-corrected chi connectivity index (χ1v) is 11.1. The van der Waals surface area contributed by atoms with E-state index in [2.05, 4.69) is 10.2 Å². The summed E-state index contributed by atoms with van der Waals surface area (Å²) < 4.78 is 12.1. The van der Waals surface area contributed by atoms with Crippen LogP contribution in [0.3, 0.4) is 0 Å². The molecule has 4 heterocycles. The van der Waals surface area contributed by atoms with Crippen LogP contribution in [0.5, 0.6) is 5.75 Å². The number of amides is 1. The molecule has 5 nitrogen and oxygen atoms in total. The molecular weight excluding hydrogens is 400 g/mol. The summed E-state index contributed by atoms with van der Waals surface area (Å²) >= 11 is 6.15. The van der Waals surface area contributed by atoms with Gasteiger partial charge in [-0.05, 0) is 75.0 Å². The fourth-order valence-electron chi connectivity index (χ4n) is 5.01. The lowest BCUT2D eigenvalue weighted by molar-refractivity contribution is -0.0358. The van der Waals surface area contributed by atoms with E-state index in [0.29, 0.717) is 10.9 Å². The lowest BCUT2D eigenvalue weighted by Crippen LogP contribution is -2.53. The van der Waals surface area contributed by atoms with Gasteiger partial charge < -0.3 is 14.8 Å². The Morgan fingerprint density at radius 2 is 1.93 bits per heavy atom. The van der Waals surface area contributed by atoms with Gasteiger partial charge in [-0.3, -0.25) is 4.90 Å². The minimum atomic E-state index is -0.566. The quantitative estimate of drug-likeness (QED) is 0.747. The Bertz CT molecular complexity index is 969. The van der Waals surface area contributed by atoms with Gasteiger partial charge in [-0.1, -0.05) is 35.9 Å². The van der Waals surface area contributed by atoms with E-state index in [1.165, 1.54) is 0 Å². The molecule has 158 valence electrons. The number of alkyl carbamates (subject to hydrolysis) is 1. The van der Waals surface area contributed by atoms with Gasteiger partial charge in [0.25, 0.3) is 0 Å². The number of fused-ring (bicyclic) bond motifs is 4. The standard InChI is InChI=1S/C24H27ClN2O3/c1-24(2)22(26-23(28)29-21-14-27-10-8-15(21)9-11-27)19-7-6-17(13-20(19)30-24)16-4-3-5-18(25)12-16/h3-7,12-13,15,21-22H,8-11,14H2,1-2H3,(H,26,28)/t21-,22?/m0/s1. The Morgan fingerprint density at radius 3 is 2.63 bits per heavy atom.